The number of anilines is 1. The Morgan fingerprint density at radius 2 is 1.81 bits per heavy atom. The number of aromatic amines is 1. The summed E-state index contributed by atoms with van der Waals surface area (Å²) in [4.78, 5) is 14.7. The van der Waals surface area contributed by atoms with Crippen molar-refractivity contribution in [1.29, 1.82) is 0 Å². The molecule has 0 aliphatic carbocycles. The van der Waals surface area contributed by atoms with Gasteiger partial charge in [0.25, 0.3) is 5.56 Å². The largest absolute Gasteiger partial charge is 0.354 e. The molecule has 6 heteroatoms. The summed E-state index contributed by atoms with van der Waals surface area (Å²) in [7, 11) is 0. The summed E-state index contributed by atoms with van der Waals surface area (Å²) in [6.07, 6.45) is 4.32. The highest BCUT2D eigenvalue weighted by molar-refractivity contribution is 5.57. The van der Waals surface area contributed by atoms with Crippen molar-refractivity contribution >= 4 is 5.95 Å². The second-order valence-electron chi connectivity index (χ2n) is 4.85. The standard InChI is InChI=1S/C15H21N5O/c16-10-6-1-2-7-11-17-15-18-14(21)13(19-20-15)12-8-4-3-5-9-12/h3-5,8-9H,1-2,6-7,10-11,16H2,(H2,17,18,20,21). The van der Waals surface area contributed by atoms with Crippen LogP contribution < -0.4 is 16.6 Å². The average molecular weight is 287 g/mol. The van der Waals surface area contributed by atoms with Crippen molar-refractivity contribution < 1.29 is 0 Å². The smallest absolute Gasteiger partial charge is 0.279 e. The number of aromatic nitrogens is 3. The SMILES string of the molecule is NCCCCCCNc1nnc(-c2ccccc2)c(=O)[nH]1. The van der Waals surface area contributed by atoms with E-state index in [-0.39, 0.29) is 5.56 Å². The zero-order valence-electron chi connectivity index (χ0n) is 12.0. The lowest BCUT2D eigenvalue weighted by Gasteiger charge is -2.05. The van der Waals surface area contributed by atoms with E-state index >= 15 is 0 Å². The first-order chi connectivity index (χ1) is 10.3. The summed E-state index contributed by atoms with van der Waals surface area (Å²) in [6, 6.07) is 9.30. The first kappa shape index (κ1) is 15.2. The van der Waals surface area contributed by atoms with Gasteiger partial charge in [0.05, 0.1) is 0 Å². The van der Waals surface area contributed by atoms with E-state index < -0.39 is 0 Å². The summed E-state index contributed by atoms with van der Waals surface area (Å²) in [5.74, 6) is 0.415. The van der Waals surface area contributed by atoms with E-state index in [1.807, 2.05) is 30.3 Å². The van der Waals surface area contributed by atoms with Crippen LogP contribution in [0.15, 0.2) is 35.1 Å². The molecule has 0 unspecified atom stereocenters. The molecule has 1 aromatic heterocycles. The molecule has 0 aliphatic heterocycles. The molecule has 0 radical (unpaired) electrons. The molecule has 0 saturated carbocycles. The molecule has 4 N–H and O–H groups in total. The molecule has 112 valence electrons. The number of hydrogen-bond acceptors (Lipinski definition) is 5. The Bertz CT molecular complexity index is 597. The normalized spacial score (nSPS) is 10.5. The maximum atomic E-state index is 12.0. The van der Waals surface area contributed by atoms with Crippen molar-refractivity contribution in [2.45, 2.75) is 25.7 Å². The van der Waals surface area contributed by atoms with E-state index in [1.54, 1.807) is 0 Å². The Morgan fingerprint density at radius 1 is 1.05 bits per heavy atom. The van der Waals surface area contributed by atoms with Crippen LogP contribution in [0.5, 0.6) is 0 Å². The van der Waals surface area contributed by atoms with Crippen molar-refractivity contribution in [3.05, 3.63) is 40.7 Å². The number of hydrogen-bond donors (Lipinski definition) is 3. The van der Waals surface area contributed by atoms with Crippen molar-refractivity contribution in [3.8, 4) is 11.3 Å². The molecule has 1 heterocycles. The number of H-pyrrole nitrogens is 1. The molecule has 21 heavy (non-hydrogen) atoms. The summed E-state index contributed by atoms with van der Waals surface area (Å²) in [5, 5.41) is 11.1. The van der Waals surface area contributed by atoms with Crippen LogP contribution in [0, 0.1) is 0 Å². The van der Waals surface area contributed by atoms with Gasteiger partial charge >= 0.3 is 0 Å². The highest BCUT2D eigenvalue weighted by Gasteiger charge is 2.06. The van der Waals surface area contributed by atoms with Crippen molar-refractivity contribution in [2.24, 2.45) is 5.73 Å². The van der Waals surface area contributed by atoms with Crippen LogP contribution in [-0.2, 0) is 0 Å². The second kappa shape index (κ2) is 8.16. The molecule has 0 amide bonds. The van der Waals surface area contributed by atoms with E-state index in [0.29, 0.717) is 11.6 Å². The van der Waals surface area contributed by atoms with Gasteiger partial charge in [-0.2, -0.15) is 0 Å². The van der Waals surface area contributed by atoms with Gasteiger partial charge < -0.3 is 11.1 Å². The number of nitrogens with zero attached hydrogens (tertiary/aromatic N) is 2. The zero-order chi connectivity index (χ0) is 14.9. The molecule has 2 rings (SSSR count). The third-order valence-corrected chi connectivity index (χ3v) is 3.17. The fourth-order valence-corrected chi connectivity index (χ4v) is 2.03. The van der Waals surface area contributed by atoms with Gasteiger partial charge in [-0.3, -0.25) is 9.78 Å². The molecule has 6 nitrogen and oxygen atoms in total. The molecule has 0 fully saturated rings. The molecule has 0 saturated heterocycles. The minimum atomic E-state index is -0.234. The van der Waals surface area contributed by atoms with Gasteiger partial charge in [-0.05, 0) is 19.4 Å². The minimum absolute atomic E-state index is 0.234. The lowest BCUT2D eigenvalue weighted by Crippen LogP contribution is -2.17. The summed E-state index contributed by atoms with van der Waals surface area (Å²) >= 11 is 0. The van der Waals surface area contributed by atoms with Gasteiger partial charge in [-0.15, -0.1) is 10.2 Å². The number of nitrogens with one attached hydrogen (secondary N) is 2. The lowest BCUT2D eigenvalue weighted by atomic mass is 10.2. The average Bonchev–Trinajstić information content (AvgIpc) is 2.52. The third kappa shape index (κ3) is 4.68. The minimum Gasteiger partial charge on any atom is -0.354 e. The van der Waals surface area contributed by atoms with E-state index in [1.165, 1.54) is 0 Å². The van der Waals surface area contributed by atoms with Crippen LogP contribution in [0.25, 0.3) is 11.3 Å². The van der Waals surface area contributed by atoms with Crippen LogP contribution in [-0.4, -0.2) is 28.3 Å². The molecule has 0 spiro atoms. The molecule has 0 atom stereocenters. The van der Waals surface area contributed by atoms with Gasteiger partial charge in [-0.25, -0.2) is 0 Å². The van der Waals surface area contributed by atoms with Crippen LogP contribution in [0.4, 0.5) is 5.95 Å². The van der Waals surface area contributed by atoms with E-state index in [0.717, 1.165) is 44.3 Å². The first-order valence-corrected chi connectivity index (χ1v) is 7.27. The van der Waals surface area contributed by atoms with Gasteiger partial charge in [0, 0.05) is 12.1 Å². The number of benzene rings is 1. The fourth-order valence-electron chi connectivity index (χ4n) is 2.03. The predicted octanol–water partition coefficient (Wildman–Crippen LogP) is 1.76. The summed E-state index contributed by atoms with van der Waals surface area (Å²) in [5.41, 5.74) is 6.31. The monoisotopic (exact) mass is 287 g/mol. The highest BCUT2D eigenvalue weighted by Crippen LogP contribution is 2.10. The lowest BCUT2D eigenvalue weighted by molar-refractivity contribution is 0.659. The second-order valence-corrected chi connectivity index (χ2v) is 4.85. The fraction of sp³-hybridized carbons (Fsp3) is 0.400. The maximum Gasteiger partial charge on any atom is 0.279 e. The molecule has 0 aliphatic rings. The van der Waals surface area contributed by atoms with E-state index in [9.17, 15) is 4.79 Å². The molecule has 0 bridgehead atoms. The van der Waals surface area contributed by atoms with E-state index in [4.69, 9.17) is 5.73 Å². The van der Waals surface area contributed by atoms with Crippen LogP contribution >= 0.6 is 0 Å². The van der Waals surface area contributed by atoms with E-state index in [2.05, 4.69) is 20.5 Å². The van der Waals surface area contributed by atoms with Gasteiger partial charge in [-0.1, -0.05) is 43.2 Å². The Morgan fingerprint density at radius 3 is 2.52 bits per heavy atom. The van der Waals surface area contributed by atoms with Crippen molar-refractivity contribution in [2.75, 3.05) is 18.4 Å². The quantitative estimate of drug-likeness (QED) is 0.643. The van der Waals surface area contributed by atoms with Crippen molar-refractivity contribution in [1.82, 2.24) is 15.2 Å². The van der Waals surface area contributed by atoms with Crippen molar-refractivity contribution in [3.63, 3.8) is 0 Å². The Kier molecular flexibility index (Phi) is 5.90. The van der Waals surface area contributed by atoms with Crippen LogP contribution in [0.1, 0.15) is 25.7 Å². The predicted molar refractivity (Wildman–Crippen MR) is 84.1 cm³/mol. The van der Waals surface area contributed by atoms with Gasteiger partial charge in [0.15, 0.2) is 5.69 Å². The van der Waals surface area contributed by atoms with Crippen LogP contribution in [0.2, 0.25) is 0 Å². The molecular weight excluding hydrogens is 266 g/mol. The number of nitrogens with two attached hydrogens (primary N) is 1. The summed E-state index contributed by atoms with van der Waals surface area (Å²) < 4.78 is 0. The Hall–Kier alpha value is -2.21. The Balaban J connectivity index is 1.89. The molecule has 1 aromatic carbocycles. The zero-order valence-corrected chi connectivity index (χ0v) is 12.0. The topological polar surface area (TPSA) is 96.7 Å². The maximum absolute atomic E-state index is 12.0. The third-order valence-electron chi connectivity index (χ3n) is 3.17. The number of unbranched alkanes of at least 4 members (excludes halogenated alkanes) is 3. The molecular formula is C15H21N5O. The number of rotatable bonds is 8. The summed E-state index contributed by atoms with van der Waals surface area (Å²) in [6.45, 7) is 1.51. The molecule has 2 aromatic rings. The first-order valence-electron chi connectivity index (χ1n) is 7.27. The van der Waals surface area contributed by atoms with Crippen LogP contribution in [0.3, 0.4) is 0 Å². The van der Waals surface area contributed by atoms with Gasteiger partial charge in [0.1, 0.15) is 0 Å². The van der Waals surface area contributed by atoms with Gasteiger partial charge in [0.2, 0.25) is 5.95 Å². The Labute approximate surface area is 123 Å². The highest BCUT2D eigenvalue weighted by atomic mass is 16.1.